The molecule has 5 heteroatoms. The summed E-state index contributed by atoms with van der Waals surface area (Å²) in [5.41, 5.74) is 3.31. The predicted octanol–water partition coefficient (Wildman–Crippen LogP) is 3.23. The zero-order valence-electron chi connectivity index (χ0n) is 11.5. The first-order chi connectivity index (χ1) is 9.11. The molecule has 0 unspecified atom stereocenters. The molecule has 0 atom stereocenters. The third kappa shape index (κ3) is 3.20. The lowest BCUT2D eigenvalue weighted by Gasteiger charge is -2.19. The molecule has 2 rings (SSSR count). The smallest absolute Gasteiger partial charge is 0.0948 e. The van der Waals surface area contributed by atoms with Gasteiger partial charge in [0.15, 0.2) is 0 Å². The number of anilines is 2. The van der Waals surface area contributed by atoms with Crippen molar-refractivity contribution in [3.63, 3.8) is 0 Å². The summed E-state index contributed by atoms with van der Waals surface area (Å²) >= 11 is 6.06. The van der Waals surface area contributed by atoms with Gasteiger partial charge < -0.3 is 14.8 Å². The fourth-order valence-corrected chi connectivity index (χ4v) is 2.18. The quantitative estimate of drug-likeness (QED) is 0.911. The van der Waals surface area contributed by atoms with Gasteiger partial charge in [-0.1, -0.05) is 11.6 Å². The number of imidazole rings is 1. The fraction of sp³-hybridized carbons (Fsp3) is 0.357. The number of hydrogen-bond acceptors (Lipinski definition) is 3. The van der Waals surface area contributed by atoms with Crippen molar-refractivity contribution in [1.29, 1.82) is 0 Å². The van der Waals surface area contributed by atoms with Gasteiger partial charge in [-0.2, -0.15) is 0 Å². The van der Waals surface area contributed by atoms with Gasteiger partial charge >= 0.3 is 0 Å². The van der Waals surface area contributed by atoms with Crippen LogP contribution in [0.5, 0.6) is 0 Å². The average molecular weight is 279 g/mol. The number of rotatable bonds is 5. The second-order valence-corrected chi connectivity index (χ2v) is 5.02. The molecule has 4 nitrogen and oxygen atoms in total. The number of aromatic nitrogens is 2. The molecule has 1 aromatic heterocycles. The van der Waals surface area contributed by atoms with Crippen molar-refractivity contribution in [3.8, 4) is 0 Å². The molecule has 19 heavy (non-hydrogen) atoms. The Morgan fingerprint density at radius 2 is 2.16 bits per heavy atom. The number of hydrogen-bond donors (Lipinski definition) is 1. The highest BCUT2D eigenvalue weighted by molar-refractivity contribution is 6.31. The van der Waals surface area contributed by atoms with E-state index in [9.17, 15) is 0 Å². The number of halogens is 1. The van der Waals surface area contributed by atoms with Crippen LogP contribution < -0.4 is 10.2 Å². The van der Waals surface area contributed by atoms with E-state index in [4.69, 9.17) is 11.6 Å². The van der Waals surface area contributed by atoms with Crippen LogP contribution in [0.3, 0.4) is 0 Å². The molecule has 0 bridgehead atoms. The Morgan fingerprint density at radius 1 is 1.37 bits per heavy atom. The first-order valence-corrected chi connectivity index (χ1v) is 6.69. The summed E-state index contributed by atoms with van der Waals surface area (Å²) in [7, 11) is 4.04. The molecule has 102 valence electrons. The van der Waals surface area contributed by atoms with Crippen LogP contribution in [0, 0.1) is 0 Å². The Bertz CT molecular complexity index is 548. The van der Waals surface area contributed by atoms with E-state index >= 15 is 0 Å². The van der Waals surface area contributed by atoms with Gasteiger partial charge in [0.1, 0.15) is 0 Å². The molecule has 1 N–H and O–H groups in total. The first kappa shape index (κ1) is 13.7. The minimum Gasteiger partial charge on any atom is -0.378 e. The van der Waals surface area contributed by atoms with Crippen LogP contribution in [0.25, 0.3) is 0 Å². The van der Waals surface area contributed by atoms with Gasteiger partial charge in [0.25, 0.3) is 0 Å². The van der Waals surface area contributed by atoms with E-state index in [2.05, 4.69) is 26.7 Å². The topological polar surface area (TPSA) is 33.1 Å². The van der Waals surface area contributed by atoms with E-state index < -0.39 is 0 Å². The molecular formula is C14H19ClN4. The van der Waals surface area contributed by atoms with Crippen LogP contribution in [0.4, 0.5) is 11.4 Å². The lowest BCUT2D eigenvalue weighted by Crippen LogP contribution is -2.13. The van der Waals surface area contributed by atoms with Crippen LogP contribution in [0.15, 0.2) is 30.7 Å². The number of nitrogens with zero attached hydrogens (tertiary/aromatic N) is 3. The Morgan fingerprint density at radius 3 is 2.84 bits per heavy atom. The van der Waals surface area contributed by atoms with Crippen molar-refractivity contribution in [3.05, 3.63) is 41.4 Å². The molecule has 0 amide bonds. The second kappa shape index (κ2) is 5.97. The fourth-order valence-electron chi connectivity index (χ4n) is 2.01. The monoisotopic (exact) mass is 278 g/mol. The molecule has 0 spiro atoms. The Balaban J connectivity index is 2.17. The average Bonchev–Trinajstić information content (AvgIpc) is 2.83. The Hall–Kier alpha value is -1.68. The number of nitrogens with one attached hydrogen (secondary N) is 1. The standard InChI is InChI=1S/C14H19ClN4/c1-4-19-10-16-8-12(19)9-17-13-7-11(15)5-6-14(13)18(2)3/h5-8,10,17H,4,9H2,1-3H3. The van der Waals surface area contributed by atoms with Crippen molar-refractivity contribution in [2.45, 2.75) is 20.0 Å². The number of benzene rings is 1. The molecular weight excluding hydrogens is 260 g/mol. The van der Waals surface area contributed by atoms with Crippen molar-refractivity contribution in [2.75, 3.05) is 24.3 Å². The molecule has 2 aromatic rings. The third-order valence-electron chi connectivity index (χ3n) is 3.04. The molecule has 1 heterocycles. The molecule has 0 aliphatic carbocycles. The van der Waals surface area contributed by atoms with Gasteiger partial charge in [0.05, 0.1) is 29.9 Å². The minimum atomic E-state index is 0.731. The minimum absolute atomic E-state index is 0.731. The highest BCUT2D eigenvalue weighted by atomic mass is 35.5. The lowest BCUT2D eigenvalue weighted by atomic mass is 10.2. The Labute approximate surface area is 119 Å². The zero-order valence-corrected chi connectivity index (χ0v) is 12.3. The van der Waals surface area contributed by atoms with Crippen LogP contribution in [-0.2, 0) is 13.1 Å². The summed E-state index contributed by atoms with van der Waals surface area (Å²) in [5, 5.41) is 4.16. The molecule has 0 saturated heterocycles. The SMILES string of the molecule is CCn1cncc1CNc1cc(Cl)ccc1N(C)C. The van der Waals surface area contributed by atoms with Crippen LogP contribution in [0.2, 0.25) is 5.02 Å². The van der Waals surface area contributed by atoms with Gasteiger partial charge in [-0.05, 0) is 25.1 Å². The zero-order chi connectivity index (χ0) is 13.8. The van der Waals surface area contributed by atoms with E-state index in [-0.39, 0.29) is 0 Å². The predicted molar refractivity (Wildman–Crippen MR) is 81.0 cm³/mol. The molecule has 1 aromatic carbocycles. The highest BCUT2D eigenvalue weighted by Crippen LogP contribution is 2.28. The maximum absolute atomic E-state index is 6.06. The van der Waals surface area contributed by atoms with Crippen LogP contribution in [0.1, 0.15) is 12.6 Å². The maximum atomic E-state index is 6.06. The largest absolute Gasteiger partial charge is 0.378 e. The third-order valence-corrected chi connectivity index (χ3v) is 3.27. The van der Waals surface area contributed by atoms with E-state index in [1.54, 1.807) is 0 Å². The highest BCUT2D eigenvalue weighted by Gasteiger charge is 2.06. The second-order valence-electron chi connectivity index (χ2n) is 4.58. The summed E-state index contributed by atoms with van der Waals surface area (Å²) in [4.78, 5) is 6.23. The lowest BCUT2D eigenvalue weighted by molar-refractivity contribution is 0.719. The normalized spacial score (nSPS) is 10.5. The Kier molecular flexibility index (Phi) is 4.32. The van der Waals surface area contributed by atoms with E-state index in [0.717, 1.165) is 35.2 Å². The molecule has 0 aliphatic heterocycles. The molecule has 0 fully saturated rings. The van der Waals surface area contributed by atoms with Crippen molar-refractivity contribution >= 4 is 23.0 Å². The summed E-state index contributed by atoms with van der Waals surface area (Å²) < 4.78 is 2.12. The van der Waals surface area contributed by atoms with E-state index in [1.165, 1.54) is 0 Å². The molecule has 0 radical (unpaired) electrons. The van der Waals surface area contributed by atoms with Crippen LogP contribution >= 0.6 is 11.6 Å². The first-order valence-electron chi connectivity index (χ1n) is 6.31. The van der Waals surface area contributed by atoms with Crippen molar-refractivity contribution < 1.29 is 0 Å². The summed E-state index contributed by atoms with van der Waals surface area (Å²) in [6.45, 7) is 3.76. The molecule has 0 aliphatic rings. The van der Waals surface area contributed by atoms with Gasteiger partial charge in [-0.3, -0.25) is 0 Å². The molecule has 0 saturated carbocycles. The van der Waals surface area contributed by atoms with Gasteiger partial charge in [-0.15, -0.1) is 0 Å². The van der Waals surface area contributed by atoms with E-state index in [0.29, 0.717) is 0 Å². The number of aryl methyl sites for hydroxylation is 1. The summed E-state index contributed by atoms with van der Waals surface area (Å²) in [6, 6.07) is 5.86. The van der Waals surface area contributed by atoms with E-state index in [1.807, 2.05) is 44.8 Å². The summed E-state index contributed by atoms with van der Waals surface area (Å²) in [5.74, 6) is 0. The summed E-state index contributed by atoms with van der Waals surface area (Å²) in [6.07, 6.45) is 3.73. The van der Waals surface area contributed by atoms with Gasteiger partial charge in [0.2, 0.25) is 0 Å². The maximum Gasteiger partial charge on any atom is 0.0948 e. The van der Waals surface area contributed by atoms with Crippen molar-refractivity contribution in [1.82, 2.24) is 9.55 Å². The van der Waals surface area contributed by atoms with Crippen LogP contribution in [-0.4, -0.2) is 23.6 Å². The van der Waals surface area contributed by atoms with Crippen molar-refractivity contribution in [2.24, 2.45) is 0 Å². The van der Waals surface area contributed by atoms with Gasteiger partial charge in [0, 0.05) is 31.9 Å². The van der Waals surface area contributed by atoms with Gasteiger partial charge in [-0.25, -0.2) is 4.98 Å².